The minimum atomic E-state index is -0.875. The van der Waals surface area contributed by atoms with E-state index in [2.05, 4.69) is 28.9 Å². The Balaban J connectivity index is -0.000000102. The predicted molar refractivity (Wildman–Crippen MR) is 113 cm³/mol. The molecular formula is C21H31N4NaO6. The average Bonchev–Trinajstić information content (AvgIpc) is 2.77. The second-order valence-electron chi connectivity index (χ2n) is 5.38. The van der Waals surface area contributed by atoms with E-state index >= 15 is 0 Å². The average molecular weight is 458 g/mol. The minimum absolute atomic E-state index is 0. The molecule has 0 bridgehead atoms. The van der Waals surface area contributed by atoms with Gasteiger partial charge in [-0.15, -0.1) is 0 Å². The maximum atomic E-state index is 10.8. The summed E-state index contributed by atoms with van der Waals surface area (Å²) in [6.45, 7) is 32.3. The van der Waals surface area contributed by atoms with Crippen LogP contribution in [0.25, 0.3) is 19.4 Å². The summed E-state index contributed by atoms with van der Waals surface area (Å²) in [5.41, 5.74) is 0. The second-order valence-corrected chi connectivity index (χ2v) is 5.38. The van der Waals surface area contributed by atoms with Crippen molar-refractivity contribution in [1.29, 1.82) is 0 Å². The van der Waals surface area contributed by atoms with Crippen LogP contribution in [-0.4, -0.2) is 37.9 Å². The maximum absolute atomic E-state index is 10.8. The van der Waals surface area contributed by atoms with E-state index in [0.717, 1.165) is 32.8 Å². The molecule has 0 aliphatic heterocycles. The summed E-state index contributed by atoms with van der Waals surface area (Å²) in [6.07, 6.45) is 3.24. The molecule has 0 spiro atoms. The third-order valence-electron chi connectivity index (χ3n) is 3.58. The van der Waals surface area contributed by atoms with Crippen LogP contribution in [0.1, 0.15) is 53.4 Å². The van der Waals surface area contributed by atoms with Crippen LogP contribution in [0, 0.1) is 38.1 Å². The topological polar surface area (TPSA) is 113 Å². The molecule has 32 heavy (non-hydrogen) atoms. The van der Waals surface area contributed by atoms with Gasteiger partial charge in [0, 0.05) is 0 Å². The van der Waals surface area contributed by atoms with E-state index in [1.807, 2.05) is 27.7 Å². The Morgan fingerprint density at radius 3 is 1.28 bits per heavy atom. The van der Waals surface area contributed by atoms with Crippen LogP contribution in [0.2, 0.25) is 0 Å². The van der Waals surface area contributed by atoms with E-state index in [9.17, 15) is 14.7 Å². The second kappa shape index (κ2) is 30.4. The Labute approximate surface area is 213 Å². The SMILES string of the molecule is CCC(CC)C(=O)O.CCC(CC)C(=O)OC.[C-]#[N+]C([N+]#[C-])=C([O-])OC.[C-]#[N+]C[N+]#[C-].[Na+]. The van der Waals surface area contributed by atoms with Crippen molar-refractivity contribution in [3.8, 4) is 0 Å². The Bertz CT molecular complexity index is 663. The molecule has 0 saturated carbocycles. The van der Waals surface area contributed by atoms with E-state index in [1.54, 1.807) is 0 Å². The van der Waals surface area contributed by atoms with E-state index < -0.39 is 17.7 Å². The number of hydrogen-bond acceptors (Lipinski definition) is 5. The van der Waals surface area contributed by atoms with Gasteiger partial charge in [-0.25, -0.2) is 22.8 Å². The van der Waals surface area contributed by atoms with Crippen LogP contribution in [0.4, 0.5) is 0 Å². The minimum Gasteiger partial charge on any atom is -0.620 e. The van der Waals surface area contributed by atoms with Gasteiger partial charge < -0.3 is 19.7 Å². The zero-order valence-electron chi connectivity index (χ0n) is 20.0. The fraction of sp³-hybridized carbons (Fsp3) is 0.619. The summed E-state index contributed by atoms with van der Waals surface area (Å²) in [6, 6.07) is 0. The zero-order chi connectivity index (χ0) is 25.2. The molecule has 11 heteroatoms. The zero-order valence-corrected chi connectivity index (χ0v) is 22.0. The van der Waals surface area contributed by atoms with Crippen LogP contribution in [0.15, 0.2) is 11.8 Å². The molecule has 0 saturated heterocycles. The van der Waals surface area contributed by atoms with Crippen molar-refractivity contribution >= 4 is 11.9 Å². The van der Waals surface area contributed by atoms with Crippen molar-refractivity contribution in [2.75, 3.05) is 20.9 Å². The van der Waals surface area contributed by atoms with Gasteiger partial charge in [0.05, 0.1) is 18.9 Å². The number of carboxylic acids is 1. The van der Waals surface area contributed by atoms with Gasteiger partial charge in [-0.3, -0.25) is 9.59 Å². The first-order chi connectivity index (χ1) is 14.6. The third kappa shape index (κ3) is 25.3. The van der Waals surface area contributed by atoms with Gasteiger partial charge in [0.2, 0.25) is 0 Å². The number of carbonyl (C=O) groups is 2. The smallest absolute Gasteiger partial charge is 0.620 e. The summed E-state index contributed by atoms with van der Waals surface area (Å²) in [4.78, 5) is 31.6. The number of hydrogen-bond donors (Lipinski definition) is 1. The molecule has 10 nitrogen and oxygen atoms in total. The van der Waals surface area contributed by atoms with Crippen molar-refractivity contribution in [1.82, 2.24) is 0 Å². The molecule has 0 radical (unpaired) electrons. The molecule has 1 N–H and O–H groups in total. The van der Waals surface area contributed by atoms with E-state index in [-0.39, 0.29) is 54.0 Å². The maximum Gasteiger partial charge on any atom is 1.00 e. The van der Waals surface area contributed by atoms with Crippen LogP contribution in [-0.2, 0) is 19.1 Å². The molecule has 172 valence electrons. The van der Waals surface area contributed by atoms with E-state index in [4.69, 9.17) is 31.4 Å². The standard InChI is InChI=1S/C7H14O2.C6H12O2.C5H4N2O2.C3H2N2.Na/c1-4-6(5-2)7(8)9-3;1-3-5(4-2)6(7)8;1-6-4(7-2)5(8)9-3;1-4-3-5-2;/h6H,4-5H2,1-3H3;5H,3-4H2,1-2H3,(H,7,8);8H,3H3;3H2;/q;;;;+1/p-1. The van der Waals surface area contributed by atoms with Crippen molar-refractivity contribution in [3.63, 3.8) is 0 Å². The van der Waals surface area contributed by atoms with Crippen molar-refractivity contribution < 1.29 is 58.8 Å². The molecule has 0 aromatic heterocycles. The summed E-state index contributed by atoms with van der Waals surface area (Å²) in [5, 5.41) is 18.7. The number of rotatable bonds is 7. The molecule has 0 aromatic carbocycles. The van der Waals surface area contributed by atoms with Gasteiger partial charge >= 0.3 is 54.0 Å². The molecule has 0 aliphatic rings. The van der Waals surface area contributed by atoms with Crippen LogP contribution >= 0.6 is 0 Å². The molecule has 0 aromatic rings. The molecule has 0 heterocycles. The fourth-order valence-electron chi connectivity index (χ4n) is 1.67. The molecule has 0 amide bonds. The van der Waals surface area contributed by atoms with E-state index in [1.165, 1.54) is 7.11 Å². The number of carbonyl (C=O) groups excluding carboxylic acids is 1. The van der Waals surface area contributed by atoms with Gasteiger partial charge in [-0.05, 0) is 32.8 Å². The van der Waals surface area contributed by atoms with Crippen molar-refractivity contribution in [2.24, 2.45) is 11.8 Å². The Morgan fingerprint density at radius 2 is 1.22 bits per heavy atom. The number of esters is 1. The van der Waals surface area contributed by atoms with Gasteiger partial charge in [-0.1, -0.05) is 27.7 Å². The quantitative estimate of drug-likeness (QED) is 0.262. The molecule has 0 rings (SSSR count). The van der Waals surface area contributed by atoms with Crippen molar-refractivity contribution in [2.45, 2.75) is 53.4 Å². The van der Waals surface area contributed by atoms with Gasteiger partial charge in [0.1, 0.15) is 19.1 Å². The molecule has 0 aliphatic carbocycles. The molecule has 0 atom stereocenters. The Hall–Kier alpha value is -2.76. The Morgan fingerprint density at radius 1 is 0.844 bits per heavy atom. The molecular weight excluding hydrogens is 427 g/mol. The number of methoxy groups -OCH3 is 2. The molecule has 0 fully saturated rings. The van der Waals surface area contributed by atoms with E-state index in [0.29, 0.717) is 0 Å². The molecule has 0 unspecified atom stereocenters. The van der Waals surface area contributed by atoms with Crippen molar-refractivity contribution in [3.05, 3.63) is 57.4 Å². The Kier molecular flexibility index (Phi) is 37.7. The first kappa shape index (κ1) is 39.7. The van der Waals surface area contributed by atoms with Crippen LogP contribution < -0.4 is 34.7 Å². The van der Waals surface area contributed by atoms with Crippen LogP contribution in [0.3, 0.4) is 0 Å². The first-order valence-corrected chi connectivity index (χ1v) is 9.32. The number of aliphatic carboxylic acids is 1. The summed E-state index contributed by atoms with van der Waals surface area (Å²) in [5.74, 6) is -2.21. The summed E-state index contributed by atoms with van der Waals surface area (Å²) < 4.78 is 8.65. The van der Waals surface area contributed by atoms with Gasteiger partial charge in [-0.2, -0.15) is 9.69 Å². The summed E-state index contributed by atoms with van der Waals surface area (Å²) >= 11 is 0. The van der Waals surface area contributed by atoms with Gasteiger partial charge in [0.15, 0.2) is 0 Å². The first-order valence-electron chi connectivity index (χ1n) is 9.32. The number of carboxylic acid groups (broad SMARTS) is 1. The number of ether oxygens (including phenoxy) is 2. The predicted octanol–water partition coefficient (Wildman–Crippen LogP) is 0.848. The normalized spacial score (nSPS) is 7.75. The fourth-order valence-corrected chi connectivity index (χ4v) is 1.67. The number of nitrogens with zero attached hydrogens (tertiary/aromatic N) is 4. The largest absolute Gasteiger partial charge is 1.00 e. The van der Waals surface area contributed by atoms with Crippen LogP contribution in [0.5, 0.6) is 0 Å². The third-order valence-corrected chi connectivity index (χ3v) is 3.58. The monoisotopic (exact) mass is 458 g/mol. The summed E-state index contributed by atoms with van der Waals surface area (Å²) in [7, 11) is 2.55. The van der Waals surface area contributed by atoms with Gasteiger partial charge in [0.25, 0.3) is 0 Å².